The lowest BCUT2D eigenvalue weighted by molar-refractivity contribution is 0.122. The van der Waals surface area contributed by atoms with Crippen molar-refractivity contribution in [1.29, 1.82) is 0 Å². The van der Waals surface area contributed by atoms with Crippen LogP contribution in [0.1, 0.15) is 11.3 Å². The van der Waals surface area contributed by atoms with Crippen molar-refractivity contribution in [2.24, 2.45) is 5.10 Å². The van der Waals surface area contributed by atoms with E-state index < -0.39 is 0 Å². The number of phenols is 1. The van der Waals surface area contributed by atoms with Gasteiger partial charge in [-0.05, 0) is 25.1 Å². The molecule has 0 saturated carbocycles. The summed E-state index contributed by atoms with van der Waals surface area (Å²) in [6.45, 7) is 4.83. The average molecular weight is 392 g/mol. The smallest absolute Gasteiger partial charge is 0.227 e. The van der Waals surface area contributed by atoms with Crippen molar-refractivity contribution in [3.63, 3.8) is 0 Å². The second kappa shape index (κ2) is 7.59. The van der Waals surface area contributed by atoms with Crippen LogP contribution < -0.4 is 10.3 Å². The first-order valence-electron chi connectivity index (χ1n) is 7.58. The number of phenolic OH excluding ortho intramolecular Hbond substituents is 1. The molecule has 0 bridgehead atoms. The van der Waals surface area contributed by atoms with Gasteiger partial charge >= 0.3 is 0 Å². The number of nitrogens with one attached hydrogen (secondary N) is 1. The van der Waals surface area contributed by atoms with Crippen molar-refractivity contribution < 1.29 is 9.84 Å². The molecule has 1 aliphatic heterocycles. The molecule has 1 aromatic carbocycles. The van der Waals surface area contributed by atoms with Gasteiger partial charge in [0.15, 0.2) is 5.82 Å². The van der Waals surface area contributed by atoms with Crippen LogP contribution in [0.25, 0.3) is 0 Å². The molecule has 0 atom stereocenters. The zero-order chi connectivity index (χ0) is 16.9. The Labute approximate surface area is 148 Å². The van der Waals surface area contributed by atoms with E-state index in [-0.39, 0.29) is 5.75 Å². The molecule has 1 aliphatic rings. The molecule has 2 N–H and O–H groups in total. The lowest BCUT2D eigenvalue weighted by Gasteiger charge is -2.27. The number of aromatic nitrogens is 2. The van der Waals surface area contributed by atoms with Gasteiger partial charge in [-0.2, -0.15) is 10.1 Å². The molecule has 24 heavy (non-hydrogen) atoms. The van der Waals surface area contributed by atoms with Crippen LogP contribution >= 0.6 is 15.9 Å². The minimum Gasteiger partial charge on any atom is -0.507 e. The van der Waals surface area contributed by atoms with E-state index in [1.165, 1.54) is 0 Å². The molecule has 0 unspecified atom stereocenters. The monoisotopic (exact) mass is 391 g/mol. The van der Waals surface area contributed by atoms with Crippen LogP contribution in [0.5, 0.6) is 5.75 Å². The zero-order valence-corrected chi connectivity index (χ0v) is 14.8. The third-order valence-electron chi connectivity index (χ3n) is 3.51. The maximum Gasteiger partial charge on any atom is 0.227 e. The lowest BCUT2D eigenvalue weighted by atomic mass is 10.2. The molecule has 0 radical (unpaired) electrons. The van der Waals surface area contributed by atoms with Crippen molar-refractivity contribution in [3.8, 4) is 5.75 Å². The number of hydrazone groups is 1. The van der Waals surface area contributed by atoms with E-state index in [9.17, 15) is 5.11 Å². The number of ether oxygens (including phenoxy) is 1. The fourth-order valence-corrected chi connectivity index (χ4v) is 2.69. The van der Waals surface area contributed by atoms with Crippen molar-refractivity contribution in [1.82, 2.24) is 9.97 Å². The summed E-state index contributed by atoms with van der Waals surface area (Å²) in [4.78, 5) is 11.1. The van der Waals surface area contributed by atoms with Gasteiger partial charge in [0.05, 0.1) is 19.4 Å². The van der Waals surface area contributed by atoms with E-state index in [1.807, 2.05) is 13.0 Å². The van der Waals surface area contributed by atoms with Crippen molar-refractivity contribution in [2.45, 2.75) is 6.92 Å². The first kappa shape index (κ1) is 16.7. The number of anilines is 2. The Morgan fingerprint density at radius 3 is 2.88 bits per heavy atom. The maximum atomic E-state index is 9.81. The van der Waals surface area contributed by atoms with Gasteiger partial charge in [-0.15, -0.1) is 0 Å². The molecule has 0 aliphatic carbocycles. The number of hydrogen-bond donors (Lipinski definition) is 2. The Morgan fingerprint density at radius 2 is 2.08 bits per heavy atom. The number of hydrogen-bond acceptors (Lipinski definition) is 7. The topological polar surface area (TPSA) is 82.9 Å². The fourth-order valence-electron chi connectivity index (χ4n) is 2.31. The fraction of sp³-hybridized carbons (Fsp3) is 0.312. The predicted octanol–water partition coefficient (Wildman–Crippen LogP) is 2.54. The zero-order valence-electron chi connectivity index (χ0n) is 13.2. The van der Waals surface area contributed by atoms with Gasteiger partial charge in [-0.3, -0.25) is 5.43 Å². The van der Waals surface area contributed by atoms with E-state index in [0.717, 1.165) is 23.3 Å². The normalized spacial score (nSPS) is 15.0. The van der Waals surface area contributed by atoms with E-state index >= 15 is 0 Å². The lowest BCUT2D eigenvalue weighted by Crippen LogP contribution is -2.37. The molecule has 126 valence electrons. The molecule has 7 nitrogen and oxygen atoms in total. The molecule has 0 spiro atoms. The molecule has 1 aromatic heterocycles. The van der Waals surface area contributed by atoms with Gasteiger partial charge in [0, 0.05) is 34.9 Å². The molecule has 8 heteroatoms. The highest BCUT2D eigenvalue weighted by atomic mass is 79.9. The van der Waals surface area contributed by atoms with Crippen LogP contribution in [0.3, 0.4) is 0 Å². The number of nitrogens with zero attached hydrogens (tertiary/aromatic N) is 4. The first-order valence-corrected chi connectivity index (χ1v) is 8.37. The van der Waals surface area contributed by atoms with Crippen molar-refractivity contribution in [3.05, 3.63) is 40.0 Å². The number of rotatable bonds is 4. The Morgan fingerprint density at radius 1 is 1.29 bits per heavy atom. The predicted molar refractivity (Wildman–Crippen MR) is 96.8 cm³/mol. The van der Waals surface area contributed by atoms with Crippen LogP contribution in [0.15, 0.2) is 33.8 Å². The summed E-state index contributed by atoms with van der Waals surface area (Å²) in [6.07, 6.45) is 1.55. The Bertz CT molecular complexity index is 747. The second-order valence-corrected chi connectivity index (χ2v) is 6.28. The Hall–Kier alpha value is -2.19. The van der Waals surface area contributed by atoms with Crippen molar-refractivity contribution >= 4 is 33.9 Å². The van der Waals surface area contributed by atoms with Crippen LogP contribution in [0.2, 0.25) is 0 Å². The van der Waals surface area contributed by atoms with Gasteiger partial charge in [-0.1, -0.05) is 15.9 Å². The van der Waals surface area contributed by atoms with Gasteiger partial charge in [0.1, 0.15) is 5.75 Å². The van der Waals surface area contributed by atoms with Gasteiger partial charge in [0.2, 0.25) is 5.95 Å². The highest BCUT2D eigenvalue weighted by molar-refractivity contribution is 9.10. The molecule has 3 rings (SSSR count). The first-order chi connectivity index (χ1) is 11.6. The summed E-state index contributed by atoms with van der Waals surface area (Å²) in [7, 11) is 0. The number of aryl methyl sites for hydroxylation is 1. The third-order valence-corrected chi connectivity index (χ3v) is 4.00. The molecule has 2 aromatic rings. The van der Waals surface area contributed by atoms with Gasteiger partial charge in [0.25, 0.3) is 0 Å². The van der Waals surface area contributed by atoms with E-state index in [4.69, 9.17) is 4.74 Å². The average Bonchev–Trinajstić information content (AvgIpc) is 2.58. The summed E-state index contributed by atoms with van der Waals surface area (Å²) < 4.78 is 6.22. The largest absolute Gasteiger partial charge is 0.507 e. The minimum absolute atomic E-state index is 0.164. The third kappa shape index (κ3) is 4.21. The maximum absolute atomic E-state index is 9.81. The van der Waals surface area contributed by atoms with E-state index in [1.54, 1.807) is 24.4 Å². The summed E-state index contributed by atoms with van der Waals surface area (Å²) >= 11 is 3.37. The summed E-state index contributed by atoms with van der Waals surface area (Å²) in [6, 6.07) is 6.98. The molecule has 2 heterocycles. The van der Waals surface area contributed by atoms with Gasteiger partial charge < -0.3 is 14.7 Å². The highest BCUT2D eigenvalue weighted by Gasteiger charge is 2.14. The summed E-state index contributed by atoms with van der Waals surface area (Å²) in [5.41, 5.74) is 4.36. The van der Waals surface area contributed by atoms with Crippen molar-refractivity contribution in [2.75, 3.05) is 36.6 Å². The number of morpholine rings is 1. The molecule has 1 fully saturated rings. The minimum atomic E-state index is 0.164. The Kier molecular flexibility index (Phi) is 5.27. The number of halogens is 1. The molecular formula is C16H18BrN5O2. The highest BCUT2D eigenvalue weighted by Crippen LogP contribution is 2.20. The SMILES string of the molecule is Cc1cc(NN=Cc2cc(Br)ccc2O)nc(N2CCOCC2)n1. The van der Waals surface area contributed by atoms with Crippen LogP contribution in [-0.2, 0) is 4.74 Å². The summed E-state index contributed by atoms with van der Waals surface area (Å²) in [5, 5.41) is 14.0. The second-order valence-electron chi connectivity index (χ2n) is 5.37. The van der Waals surface area contributed by atoms with E-state index in [2.05, 4.69) is 41.3 Å². The molecule has 1 saturated heterocycles. The molecule has 0 amide bonds. The number of aromatic hydroxyl groups is 1. The van der Waals surface area contributed by atoms with Crippen LogP contribution in [-0.4, -0.2) is 47.6 Å². The number of benzene rings is 1. The molecular weight excluding hydrogens is 374 g/mol. The van der Waals surface area contributed by atoms with Gasteiger partial charge in [-0.25, -0.2) is 4.98 Å². The standard InChI is InChI=1S/C16H18BrN5O2/c1-11-8-15(20-16(19-11)22-4-6-24-7-5-22)21-18-10-12-9-13(17)2-3-14(12)23/h2-3,8-10,23H,4-7H2,1H3,(H,19,20,21). The van der Waals surface area contributed by atoms with E-state index in [0.29, 0.717) is 30.5 Å². The van der Waals surface area contributed by atoms with Crippen LogP contribution in [0.4, 0.5) is 11.8 Å². The quantitative estimate of drug-likeness (QED) is 0.615. The summed E-state index contributed by atoms with van der Waals surface area (Å²) in [5.74, 6) is 1.44. The Balaban J connectivity index is 1.73. The van der Waals surface area contributed by atoms with Crippen LogP contribution in [0, 0.1) is 6.92 Å².